The van der Waals surface area contributed by atoms with Gasteiger partial charge in [-0.15, -0.1) is 0 Å². The van der Waals surface area contributed by atoms with Crippen LogP contribution in [0.2, 0.25) is 0 Å². The summed E-state index contributed by atoms with van der Waals surface area (Å²) in [6.07, 6.45) is 7.81. The third-order valence-electron chi connectivity index (χ3n) is 3.64. The lowest BCUT2D eigenvalue weighted by Gasteiger charge is -2.25. The molecule has 6 nitrogen and oxygen atoms in total. The number of hydrogen-bond acceptors (Lipinski definition) is 6. The van der Waals surface area contributed by atoms with Crippen molar-refractivity contribution in [1.29, 1.82) is 0 Å². The van der Waals surface area contributed by atoms with Crippen LogP contribution in [0.15, 0.2) is 52.1 Å². The molecule has 0 radical (unpaired) electrons. The van der Waals surface area contributed by atoms with Crippen molar-refractivity contribution in [2.75, 3.05) is 7.05 Å². The Hall–Kier alpha value is -2.47. The minimum absolute atomic E-state index is 0.285. The first kappa shape index (κ1) is 14.5. The van der Waals surface area contributed by atoms with Gasteiger partial charge in [0.1, 0.15) is 6.26 Å². The van der Waals surface area contributed by atoms with E-state index in [1.165, 1.54) is 5.56 Å². The van der Waals surface area contributed by atoms with Crippen molar-refractivity contribution < 1.29 is 8.94 Å². The second-order valence-corrected chi connectivity index (χ2v) is 5.14. The van der Waals surface area contributed by atoms with Gasteiger partial charge in [-0.05, 0) is 37.2 Å². The quantitative estimate of drug-likeness (QED) is 0.695. The van der Waals surface area contributed by atoms with Crippen LogP contribution in [-0.2, 0) is 6.54 Å². The van der Waals surface area contributed by atoms with Crippen LogP contribution >= 0.6 is 0 Å². The molecule has 114 valence electrons. The van der Waals surface area contributed by atoms with E-state index >= 15 is 0 Å². The van der Waals surface area contributed by atoms with Crippen LogP contribution < -0.4 is 0 Å². The molecule has 3 aromatic rings. The third kappa shape index (κ3) is 3.07. The molecule has 1 atom stereocenters. The normalized spacial score (nSPS) is 12.7. The van der Waals surface area contributed by atoms with Gasteiger partial charge in [0, 0.05) is 18.4 Å². The molecule has 6 heteroatoms. The van der Waals surface area contributed by atoms with Gasteiger partial charge in [-0.3, -0.25) is 9.88 Å². The van der Waals surface area contributed by atoms with E-state index < -0.39 is 0 Å². The van der Waals surface area contributed by atoms with Gasteiger partial charge in [0.15, 0.2) is 0 Å². The van der Waals surface area contributed by atoms with Crippen molar-refractivity contribution in [3.8, 4) is 11.4 Å². The topological polar surface area (TPSA) is 68.2 Å². The molecule has 0 saturated carbocycles. The van der Waals surface area contributed by atoms with Crippen LogP contribution in [0.4, 0.5) is 0 Å². The summed E-state index contributed by atoms with van der Waals surface area (Å²) in [5.74, 6) is 1.14. The largest absolute Gasteiger partial charge is 0.472 e. The van der Waals surface area contributed by atoms with Crippen molar-refractivity contribution in [3.63, 3.8) is 0 Å². The van der Waals surface area contributed by atoms with E-state index in [0.29, 0.717) is 18.3 Å². The summed E-state index contributed by atoms with van der Waals surface area (Å²) in [4.78, 5) is 10.7. The molecule has 3 heterocycles. The predicted octanol–water partition coefficient (Wildman–Crippen LogP) is 3.31. The molecule has 0 aliphatic carbocycles. The minimum Gasteiger partial charge on any atom is -0.472 e. The molecule has 0 aliphatic rings. The lowest BCUT2D eigenvalue weighted by atomic mass is 10.0. The van der Waals surface area contributed by atoms with Crippen molar-refractivity contribution in [2.24, 2.45) is 0 Å². The molecule has 0 fully saturated rings. The predicted molar refractivity (Wildman–Crippen MR) is 80.7 cm³/mol. The van der Waals surface area contributed by atoms with Gasteiger partial charge in [-0.2, -0.15) is 4.98 Å². The van der Waals surface area contributed by atoms with Gasteiger partial charge in [0.2, 0.25) is 11.7 Å². The maximum Gasteiger partial charge on any atom is 0.241 e. The van der Waals surface area contributed by atoms with Crippen molar-refractivity contribution in [3.05, 3.63) is 54.6 Å². The van der Waals surface area contributed by atoms with E-state index in [9.17, 15) is 0 Å². The van der Waals surface area contributed by atoms with Crippen molar-refractivity contribution in [1.82, 2.24) is 20.0 Å². The van der Waals surface area contributed by atoms with Crippen LogP contribution in [0.3, 0.4) is 0 Å². The Labute approximate surface area is 128 Å². The van der Waals surface area contributed by atoms with E-state index in [2.05, 4.69) is 34.0 Å². The van der Waals surface area contributed by atoms with Crippen LogP contribution in [0.1, 0.15) is 30.8 Å². The molecule has 0 N–H and O–H groups in total. The first-order chi connectivity index (χ1) is 10.8. The number of aromatic nitrogens is 3. The SMILES string of the molecule is CCC(c1ccncc1)N(C)Cc1nc(-c2ccoc2)no1. The Morgan fingerprint density at radius 2 is 2.05 bits per heavy atom. The lowest BCUT2D eigenvalue weighted by Crippen LogP contribution is -2.24. The van der Waals surface area contributed by atoms with Crippen LogP contribution in [0.25, 0.3) is 11.4 Å². The number of hydrogen-bond donors (Lipinski definition) is 0. The Morgan fingerprint density at radius 1 is 1.23 bits per heavy atom. The molecule has 3 aromatic heterocycles. The zero-order valence-electron chi connectivity index (χ0n) is 12.6. The summed E-state index contributed by atoms with van der Waals surface area (Å²) in [5, 5.41) is 3.99. The summed E-state index contributed by atoms with van der Waals surface area (Å²) in [6, 6.07) is 6.17. The number of pyridine rings is 1. The molecule has 0 saturated heterocycles. The van der Waals surface area contributed by atoms with Gasteiger partial charge in [0.05, 0.1) is 18.4 Å². The van der Waals surface area contributed by atoms with Gasteiger partial charge >= 0.3 is 0 Å². The maximum atomic E-state index is 5.33. The number of furan rings is 1. The van der Waals surface area contributed by atoms with Gasteiger partial charge in [0.25, 0.3) is 0 Å². The Kier molecular flexibility index (Phi) is 4.29. The highest BCUT2D eigenvalue weighted by atomic mass is 16.5. The van der Waals surface area contributed by atoms with Crippen LogP contribution in [0, 0.1) is 0 Å². The number of nitrogens with zero attached hydrogens (tertiary/aromatic N) is 4. The van der Waals surface area contributed by atoms with E-state index in [4.69, 9.17) is 8.94 Å². The summed E-state index contributed by atoms with van der Waals surface area (Å²) in [6.45, 7) is 2.75. The first-order valence-corrected chi connectivity index (χ1v) is 7.23. The molecule has 0 aliphatic heterocycles. The van der Waals surface area contributed by atoms with Gasteiger partial charge in [-0.1, -0.05) is 12.1 Å². The average molecular weight is 298 g/mol. The summed E-state index contributed by atoms with van der Waals surface area (Å²) >= 11 is 0. The van der Waals surface area contributed by atoms with Gasteiger partial charge in [-0.25, -0.2) is 0 Å². The molecule has 0 aromatic carbocycles. The lowest BCUT2D eigenvalue weighted by molar-refractivity contribution is 0.199. The van der Waals surface area contributed by atoms with Crippen molar-refractivity contribution >= 4 is 0 Å². The average Bonchev–Trinajstić information content (AvgIpc) is 3.20. The van der Waals surface area contributed by atoms with E-state index in [0.717, 1.165) is 12.0 Å². The molecule has 0 spiro atoms. The van der Waals surface area contributed by atoms with Crippen molar-refractivity contribution in [2.45, 2.75) is 25.9 Å². The monoisotopic (exact) mass is 298 g/mol. The molecule has 1 unspecified atom stereocenters. The Balaban J connectivity index is 1.72. The minimum atomic E-state index is 0.285. The molecule has 0 amide bonds. The van der Waals surface area contributed by atoms with E-state index in [-0.39, 0.29) is 6.04 Å². The molecule has 3 rings (SSSR count). The Morgan fingerprint density at radius 3 is 2.73 bits per heavy atom. The smallest absolute Gasteiger partial charge is 0.241 e. The highest BCUT2D eigenvalue weighted by Gasteiger charge is 2.18. The fraction of sp³-hybridized carbons (Fsp3) is 0.312. The third-order valence-corrected chi connectivity index (χ3v) is 3.64. The summed E-state index contributed by atoms with van der Waals surface area (Å²) in [5.41, 5.74) is 2.05. The second-order valence-electron chi connectivity index (χ2n) is 5.14. The molecular weight excluding hydrogens is 280 g/mol. The fourth-order valence-electron chi connectivity index (χ4n) is 2.54. The molecule has 0 bridgehead atoms. The van der Waals surface area contributed by atoms with E-state index in [1.807, 2.05) is 30.6 Å². The molecule has 22 heavy (non-hydrogen) atoms. The summed E-state index contributed by atoms with van der Waals surface area (Å²) in [7, 11) is 2.05. The highest BCUT2D eigenvalue weighted by molar-refractivity contribution is 5.51. The number of rotatable bonds is 6. The van der Waals surface area contributed by atoms with Crippen LogP contribution in [-0.4, -0.2) is 27.1 Å². The molecular formula is C16H18N4O2. The fourth-order valence-corrected chi connectivity index (χ4v) is 2.54. The van der Waals surface area contributed by atoms with E-state index in [1.54, 1.807) is 12.5 Å². The zero-order chi connectivity index (χ0) is 15.4. The van der Waals surface area contributed by atoms with Crippen LogP contribution in [0.5, 0.6) is 0 Å². The summed E-state index contributed by atoms with van der Waals surface area (Å²) < 4.78 is 10.4. The van der Waals surface area contributed by atoms with Gasteiger partial charge < -0.3 is 8.94 Å². The second kappa shape index (κ2) is 6.53. The maximum absolute atomic E-state index is 5.33. The Bertz CT molecular complexity index is 694. The zero-order valence-corrected chi connectivity index (χ0v) is 12.6. The standard InChI is InChI=1S/C16H18N4O2/c1-3-14(12-4-7-17-8-5-12)20(2)10-15-18-16(19-22-15)13-6-9-21-11-13/h4-9,11,14H,3,10H2,1-2H3. The highest BCUT2D eigenvalue weighted by Crippen LogP contribution is 2.24. The first-order valence-electron chi connectivity index (χ1n) is 7.23.